The Hall–Kier alpha value is -2.01. The van der Waals surface area contributed by atoms with E-state index in [0.717, 1.165) is 17.8 Å². The van der Waals surface area contributed by atoms with Crippen LogP contribution in [0.25, 0.3) is 0 Å². The zero-order valence-corrected chi connectivity index (χ0v) is 11.6. The first-order chi connectivity index (χ1) is 10.0. The van der Waals surface area contributed by atoms with E-state index in [9.17, 15) is 13.6 Å². The molecular formula is C16H16F2N2O. The molecule has 2 aliphatic rings. The lowest BCUT2D eigenvalue weighted by molar-refractivity contribution is 0.0964. The minimum Gasteiger partial charge on any atom is -0.371 e. The normalized spacial score (nSPS) is 27.0. The fraction of sp³-hybridized carbons (Fsp3) is 0.312. The van der Waals surface area contributed by atoms with Crippen LogP contribution in [0.3, 0.4) is 0 Å². The van der Waals surface area contributed by atoms with Gasteiger partial charge in [-0.1, -0.05) is 19.1 Å². The number of halogens is 2. The number of nitrogens with one attached hydrogen (secondary N) is 2. The van der Waals surface area contributed by atoms with Gasteiger partial charge in [0.05, 0.1) is 17.8 Å². The molecule has 21 heavy (non-hydrogen) atoms. The maximum absolute atomic E-state index is 13.6. The number of fused-ring (bicyclic) bond motifs is 1. The van der Waals surface area contributed by atoms with E-state index in [0.29, 0.717) is 5.92 Å². The first kappa shape index (κ1) is 13.9. The summed E-state index contributed by atoms with van der Waals surface area (Å²) in [5.74, 6) is -1.51. The molecule has 0 spiro atoms. The molecule has 0 aromatic heterocycles. The molecule has 2 N–H and O–H groups in total. The number of Topliss-reactive ketones (excluding diaryl/α,β-unsaturated/α-hetero) is 1. The Morgan fingerprint density at radius 1 is 1.33 bits per heavy atom. The number of carbonyl (C=O) groups excluding carboxylic acids is 1. The molecule has 1 aliphatic heterocycles. The van der Waals surface area contributed by atoms with Crippen LogP contribution in [0.2, 0.25) is 0 Å². The molecule has 3 unspecified atom stereocenters. The monoisotopic (exact) mass is 290 g/mol. The number of rotatable bonds is 3. The predicted octanol–water partition coefficient (Wildman–Crippen LogP) is 2.51. The highest BCUT2D eigenvalue weighted by molar-refractivity contribution is 5.96. The number of carbonyl (C=O) groups is 1. The van der Waals surface area contributed by atoms with Crippen molar-refractivity contribution < 1.29 is 13.6 Å². The summed E-state index contributed by atoms with van der Waals surface area (Å²) < 4.78 is 26.5. The lowest BCUT2D eigenvalue weighted by Gasteiger charge is -2.19. The maximum atomic E-state index is 13.6. The van der Waals surface area contributed by atoms with Gasteiger partial charge < -0.3 is 5.32 Å². The lowest BCUT2D eigenvalue weighted by Crippen LogP contribution is -2.37. The van der Waals surface area contributed by atoms with E-state index in [4.69, 9.17) is 0 Å². The number of hydrogen-bond donors (Lipinski definition) is 2. The maximum Gasteiger partial charge on any atom is 0.169 e. The van der Waals surface area contributed by atoms with E-state index >= 15 is 0 Å². The molecule has 110 valence electrons. The Morgan fingerprint density at radius 3 is 2.86 bits per heavy atom. The summed E-state index contributed by atoms with van der Waals surface area (Å²) in [5, 5.41) is 6.56. The van der Waals surface area contributed by atoms with Crippen LogP contribution in [0, 0.1) is 17.6 Å². The molecule has 1 aliphatic carbocycles. The van der Waals surface area contributed by atoms with Gasteiger partial charge in [0.1, 0.15) is 11.6 Å². The molecule has 3 atom stereocenters. The summed E-state index contributed by atoms with van der Waals surface area (Å²) >= 11 is 0. The molecule has 1 aromatic carbocycles. The van der Waals surface area contributed by atoms with Gasteiger partial charge in [0, 0.05) is 18.2 Å². The summed E-state index contributed by atoms with van der Waals surface area (Å²) in [6.07, 6.45) is 5.92. The first-order valence-electron chi connectivity index (χ1n) is 6.94. The number of allylic oxidation sites excluding steroid dienone is 2. The SMILES string of the molecule is CC1C=CC=C2NC(CC(=O)c3ccc(F)cc3F)NC21. The predicted molar refractivity (Wildman–Crippen MR) is 75.5 cm³/mol. The van der Waals surface area contributed by atoms with Crippen molar-refractivity contribution in [1.82, 2.24) is 10.6 Å². The van der Waals surface area contributed by atoms with Crippen molar-refractivity contribution in [2.24, 2.45) is 5.92 Å². The van der Waals surface area contributed by atoms with E-state index in [1.807, 2.05) is 12.2 Å². The van der Waals surface area contributed by atoms with Crippen LogP contribution in [0.1, 0.15) is 23.7 Å². The highest BCUT2D eigenvalue weighted by Crippen LogP contribution is 2.23. The van der Waals surface area contributed by atoms with Crippen molar-refractivity contribution in [3.8, 4) is 0 Å². The molecule has 5 heteroatoms. The second-order valence-electron chi connectivity index (χ2n) is 5.46. The summed E-state index contributed by atoms with van der Waals surface area (Å²) in [7, 11) is 0. The minimum absolute atomic E-state index is 0.0741. The highest BCUT2D eigenvalue weighted by Gasteiger charge is 2.33. The van der Waals surface area contributed by atoms with Gasteiger partial charge in [0.25, 0.3) is 0 Å². The van der Waals surface area contributed by atoms with Crippen LogP contribution in [-0.2, 0) is 0 Å². The largest absolute Gasteiger partial charge is 0.371 e. The fourth-order valence-electron chi connectivity index (χ4n) is 2.79. The Bertz CT molecular complexity index is 639. The zero-order valence-electron chi connectivity index (χ0n) is 11.6. The van der Waals surface area contributed by atoms with Crippen molar-refractivity contribution in [1.29, 1.82) is 0 Å². The quantitative estimate of drug-likeness (QED) is 0.841. The summed E-state index contributed by atoms with van der Waals surface area (Å²) in [4.78, 5) is 12.1. The highest BCUT2D eigenvalue weighted by atomic mass is 19.1. The van der Waals surface area contributed by atoms with Crippen LogP contribution < -0.4 is 10.6 Å². The third-order valence-corrected chi connectivity index (χ3v) is 3.89. The van der Waals surface area contributed by atoms with E-state index < -0.39 is 11.6 Å². The molecule has 1 heterocycles. The van der Waals surface area contributed by atoms with Crippen molar-refractivity contribution in [3.05, 3.63) is 59.3 Å². The molecule has 0 radical (unpaired) electrons. The summed E-state index contributed by atoms with van der Waals surface area (Å²) in [5.41, 5.74) is 0.970. The third-order valence-electron chi connectivity index (χ3n) is 3.89. The standard InChI is InChI=1S/C16H16F2N2O/c1-9-3-2-4-13-16(9)20-15(19-13)8-14(21)11-6-5-10(17)7-12(11)18/h2-7,9,15-16,19-20H,8H2,1H3. The van der Waals surface area contributed by atoms with Gasteiger partial charge in [-0.3, -0.25) is 10.1 Å². The topological polar surface area (TPSA) is 41.1 Å². The van der Waals surface area contributed by atoms with Crippen LogP contribution in [0.5, 0.6) is 0 Å². The molecule has 1 saturated heterocycles. The molecule has 0 bridgehead atoms. The minimum atomic E-state index is -0.815. The smallest absolute Gasteiger partial charge is 0.169 e. The van der Waals surface area contributed by atoms with E-state index in [1.165, 1.54) is 6.07 Å². The van der Waals surface area contributed by atoms with E-state index in [-0.39, 0.29) is 30.0 Å². The second-order valence-corrected chi connectivity index (χ2v) is 5.46. The van der Waals surface area contributed by atoms with Crippen LogP contribution in [0.15, 0.2) is 42.1 Å². The van der Waals surface area contributed by atoms with Crippen molar-refractivity contribution in [3.63, 3.8) is 0 Å². The van der Waals surface area contributed by atoms with Crippen LogP contribution in [-0.4, -0.2) is 18.0 Å². The Balaban J connectivity index is 1.69. The average Bonchev–Trinajstić information content (AvgIpc) is 2.82. The van der Waals surface area contributed by atoms with Crippen LogP contribution in [0.4, 0.5) is 8.78 Å². The summed E-state index contributed by atoms with van der Waals surface area (Å²) in [6, 6.07) is 3.18. The van der Waals surface area contributed by atoms with Gasteiger partial charge in [0.2, 0.25) is 0 Å². The lowest BCUT2D eigenvalue weighted by atomic mass is 9.95. The Labute approximate surface area is 121 Å². The van der Waals surface area contributed by atoms with Gasteiger partial charge in [0.15, 0.2) is 5.78 Å². The Kier molecular flexibility index (Phi) is 3.59. The number of ketones is 1. The molecule has 3 rings (SSSR count). The molecule has 0 amide bonds. The molecule has 1 fully saturated rings. The first-order valence-corrected chi connectivity index (χ1v) is 6.94. The van der Waals surface area contributed by atoms with E-state index in [1.54, 1.807) is 0 Å². The fourth-order valence-corrected chi connectivity index (χ4v) is 2.79. The second kappa shape index (κ2) is 5.41. The van der Waals surface area contributed by atoms with Crippen molar-refractivity contribution in [2.45, 2.75) is 25.6 Å². The number of hydrogen-bond acceptors (Lipinski definition) is 3. The van der Waals surface area contributed by atoms with E-state index in [2.05, 4.69) is 23.6 Å². The summed E-state index contributed by atoms with van der Waals surface area (Å²) in [6.45, 7) is 2.09. The van der Waals surface area contributed by atoms with Gasteiger partial charge in [-0.15, -0.1) is 0 Å². The molecule has 3 nitrogen and oxygen atoms in total. The van der Waals surface area contributed by atoms with Gasteiger partial charge in [-0.2, -0.15) is 0 Å². The Morgan fingerprint density at radius 2 is 2.14 bits per heavy atom. The molecule has 1 aromatic rings. The molecular weight excluding hydrogens is 274 g/mol. The zero-order chi connectivity index (χ0) is 15.0. The van der Waals surface area contributed by atoms with Crippen molar-refractivity contribution in [2.75, 3.05) is 0 Å². The van der Waals surface area contributed by atoms with Gasteiger partial charge in [-0.25, -0.2) is 8.78 Å². The van der Waals surface area contributed by atoms with Gasteiger partial charge in [-0.05, 0) is 24.1 Å². The number of benzene rings is 1. The third kappa shape index (κ3) is 2.74. The molecule has 0 saturated carbocycles. The average molecular weight is 290 g/mol. The van der Waals surface area contributed by atoms with Crippen LogP contribution >= 0.6 is 0 Å². The van der Waals surface area contributed by atoms with Crippen molar-refractivity contribution >= 4 is 5.78 Å². The van der Waals surface area contributed by atoms with Gasteiger partial charge >= 0.3 is 0 Å².